The molecule has 0 aliphatic rings. The molecule has 0 radical (unpaired) electrons. The zero-order chi connectivity index (χ0) is 11.6. The summed E-state index contributed by atoms with van der Waals surface area (Å²) in [5, 5.41) is 0.0646. The SMILES string of the molecule is O=S(=O)(Cl)c1ccc(Cl)cc1OC(F)F. The third kappa shape index (κ3) is 3.48. The van der Waals surface area contributed by atoms with Crippen molar-refractivity contribution in [3.05, 3.63) is 23.2 Å². The van der Waals surface area contributed by atoms with Gasteiger partial charge < -0.3 is 4.74 Å². The Balaban J connectivity index is 3.27. The molecule has 0 saturated carbocycles. The number of rotatable bonds is 3. The lowest BCUT2D eigenvalue weighted by Gasteiger charge is -2.08. The van der Waals surface area contributed by atoms with E-state index in [2.05, 4.69) is 4.74 Å². The van der Waals surface area contributed by atoms with Crippen LogP contribution in [-0.4, -0.2) is 15.0 Å². The predicted octanol–water partition coefficient (Wildman–Crippen LogP) is 2.87. The molecule has 0 aliphatic heterocycles. The Morgan fingerprint density at radius 2 is 1.93 bits per heavy atom. The van der Waals surface area contributed by atoms with E-state index >= 15 is 0 Å². The summed E-state index contributed by atoms with van der Waals surface area (Å²) >= 11 is 5.49. The van der Waals surface area contributed by atoms with E-state index in [0.29, 0.717) is 0 Å². The molecule has 0 heterocycles. The Morgan fingerprint density at radius 1 is 1.33 bits per heavy atom. The molecule has 0 bridgehead atoms. The van der Waals surface area contributed by atoms with Crippen LogP contribution in [0.3, 0.4) is 0 Å². The predicted molar refractivity (Wildman–Crippen MR) is 51.1 cm³/mol. The average molecular weight is 277 g/mol. The number of hydrogen-bond acceptors (Lipinski definition) is 3. The average Bonchev–Trinajstić information content (AvgIpc) is 1.99. The molecule has 1 aromatic rings. The van der Waals surface area contributed by atoms with Crippen molar-refractivity contribution < 1.29 is 21.9 Å². The fourth-order valence-electron chi connectivity index (χ4n) is 0.871. The van der Waals surface area contributed by atoms with Crippen LogP contribution in [0, 0.1) is 0 Å². The van der Waals surface area contributed by atoms with Crippen LogP contribution < -0.4 is 4.74 Å². The van der Waals surface area contributed by atoms with Crippen LogP contribution in [0.2, 0.25) is 5.02 Å². The summed E-state index contributed by atoms with van der Waals surface area (Å²) < 4.78 is 49.7. The van der Waals surface area contributed by atoms with E-state index < -0.39 is 26.3 Å². The minimum atomic E-state index is -4.14. The fraction of sp³-hybridized carbons (Fsp3) is 0.143. The van der Waals surface area contributed by atoms with E-state index in [-0.39, 0.29) is 5.02 Å². The third-order valence-electron chi connectivity index (χ3n) is 1.38. The molecular weight excluding hydrogens is 273 g/mol. The number of ether oxygens (including phenoxy) is 1. The molecule has 0 amide bonds. The molecule has 8 heteroatoms. The highest BCUT2D eigenvalue weighted by Crippen LogP contribution is 2.30. The van der Waals surface area contributed by atoms with Crippen molar-refractivity contribution in [3.63, 3.8) is 0 Å². The quantitative estimate of drug-likeness (QED) is 0.798. The van der Waals surface area contributed by atoms with Crippen LogP contribution in [0.4, 0.5) is 8.78 Å². The van der Waals surface area contributed by atoms with Crippen LogP contribution in [0.15, 0.2) is 23.1 Å². The molecule has 0 unspecified atom stereocenters. The molecule has 84 valence electrons. The molecule has 0 spiro atoms. The highest BCUT2D eigenvalue weighted by molar-refractivity contribution is 8.13. The highest BCUT2D eigenvalue weighted by Gasteiger charge is 2.19. The second-order valence-electron chi connectivity index (χ2n) is 2.41. The number of alkyl halides is 2. The van der Waals surface area contributed by atoms with E-state index in [4.69, 9.17) is 22.3 Å². The number of benzene rings is 1. The summed E-state index contributed by atoms with van der Waals surface area (Å²) in [5.74, 6) is -0.576. The van der Waals surface area contributed by atoms with Crippen molar-refractivity contribution in [1.82, 2.24) is 0 Å². The van der Waals surface area contributed by atoms with Crippen molar-refractivity contribution in [1.29, 1.82) is 0 Å². The Morgan fingerprint density at radius 3 is 2.40 bits per heavy atom. The maximum atomic E-state index is 11.9. The van der Waals surface area contributed by atoms with Gasteiger partial charge in [-0.15, -0.1) is 0 Å². The second kappa shape index (κ2) is 4.51. The van der Waals surface area contributed by atoms with Crippen LogP contribution in [0.5, 0.6) is 5.75 Å². The Bertz CT molecular complexity index is 461. The van der Waals surface area contributed by atoms with Crippen molar-refractivity contribution in [2.24, 2.45) is 0 Å². The summed E-state index contributed by atoms with van der Waals surface area (Å²) in [6, 6.07) is 3.14. The molecule has 15 heavy (non-hydrogen) atoms. The van der Waals surface area contributed by atoms with Gasteiger partial charge in [-0.25, -0.2) is 8.42 Å². The van der Waals surface area contributed by atoms with Crippen LogP contribution in [0.1, 0.15) is 0 Å². The summed E-state index contributed by atoms with van der Waals surface area (Å²) in [5.41, 5.74) is 0. The van der Waals surface area contributed by atoms with Crippen LogP contribution in [-0.2, 0) is 9.05 Å². The Kier molecular flexibility index (Phi) is 3.75. The van der Waals surface area contributed by atoms with Gasteiger partial charge in [-0.3, -0.25) is 0 Å². The Hall–Kier alpha value is -0.590. The first kappa shape index (κ1) is 12.5. The lowest BCUT2D eigenvalue weighted by atomic mass is 10.3. The van der Waals surface area contributed by atoms with Gasteiger partial charge in [0.05, 0.1) is 0 Å². The molecule has 0 saturated heterocycles. The second-order valence-corrected chi connectivity index (χ2v) is 5.38. The van der Waals surface area contributed by atoms with E-state index in [0.717, 1.165) is 12.1 Å². The monoisotopic (exact) mass is 276 g/mol. The van der Waals surface area contributed by atoms with Crippen molar-refractivity contribution in [2.45, 2.75) is 11.5 Å². The zero-order valence-electron chi connectivity index (χ0n) is 6.95. The van der Waals surface area contributed by atoms with Gasteiger partial charge in [-0.1, -0.05) is 11.6 Å². The van der Waals surface area contributed by atoms with Gasteiger partial charge in [0.1, 0.15) is 10.6 Å². The van der Waals surface area contributed by atoms with Crippen LogP contribution in [0.25, 0.3) is 0 Å². The molecule has 0 N–H and O–H groups in total. The lowest BCUT2D eigenvalue weighted by Crippen LogP contribution is -2.05. The summed E-state index contributed by atoms with van der Waals surface area (Å²) in [6.07, 6.45) is 0. The van der Waals surface area contributed by atoms with Gasteiger partial charge in [0.2, 0.25) is 0 Å². The van der Waals surface area contributed by atoms with E-state index in [1.807, 2.05) is 0 Å². The number of halogens is 4. The van der Waals surface area contributed by atoms with Crippen LogP contribution >= 0.6 is 22.3 Å². The maximum Gasteiger partial charge on any atom is 0.387 e. The molecule has 3 nitrogen and oxygen atoms in total. The summed E-state index contributed by atoms with van der Waals surface area (Å²) in [7, 11) is 0.863. The first-order chi connectivity index (χ1) is 6.80. The summed E-state index contributed by atoms with van der Waals surface area (Å²) in [6.45, 7) is -3.15. The zero-order valence-corrected chi connectivity index (χ0v) is 9.28. The van der Waals surface area contributed by atoms with E-state index in [1.165, 1.54) is 6.07 Å². The maximum absolute atomic E-state index is 11.9. The standard InChI is InChI=1S/C7H4Cl2F2O3S/c8-4-1-2-6(15(9,12)13)5(3-4)14-7(10)11/h1-3,7H. The first-order valence-electron chi connectivity index (χ1n) is 3.50. The molecule has 0 aliphatic carbocycles. The molecule has 1 aromatic carbocycles. The first-order valence-corrected chi connectivity index (χ1v) is 6.18. The van der Waals surface area contributed by atoms with Gasteiger partial charge in [-0.05, 0) is 12.1 Å². The van der Waals surface area contributed by atoms with E-state index in [1.54, 1.807) is 0 Å². The van der Waals surface area contributed by atoms with Crippen molar-refractivity contribution >= 4 is 31.3 Å². The van der Waals surface area contributed by atoms with Gasteiger partial charge >= 0.3 is 6.61 Å². The largest absolute Gasteiger partial charge is 0.433 e. The minimum absolute atomic E-state index is 0.0646. The highest BCUT2D eigenvalue weighted by atomic mass is 35.7. The normalized spacial score (nSPS) is 11.8. The lowest BCUT2D eigenvalue weighted by molar-refractivity contribution is -0.0517. The molecule has 0 fully saturated rings. The topological polar surface area (TPSA) is 43.4 Å². The van der Waals surface area contributed by atoms with Crippen molar-refractivity contribution in [2.75, 3.05) is 0 Å². The molecule has 0 aromatic heterocycles. The van der Waals surface area contributed by atoms with E-state index in [9.17, 15) is 17.2 Å². The van der Waals surface area contributed by atoms with Crippen molar-refractivity contribution in [3.8, 4) is 5.75 Å². The molecule has 1 rings (SSSR count). The van der Waals surface area contributed by atoms with Gasteiger partial charge in [0.15, 0.2) is 0 Å². The fourth-order valence-corrected chi connectivity index (χ4v) is 1.99. The minimum Gasteiger partial charge on any atom is -0.433 e. The Labute approximate surface area is 94.0 Å². The van der Waals surface area contributed by atoms with Gasteiger partial charge in [0.25, 0.3) is 9.05 Å². The van der Waals surface area contributed by atoms with Gasteiger partial charge in [0, 0.05) is 21.8 Å². The molecular formula is C7H4Cl2F2O3S. The smallest absolute Gasteiger partial charge is 0.387 e. The third-order valence-corrected chi connectivity index (χ3v) is 2.98. The molecule has 0 atom stereocenters. The summed E-state index contributed by atoms with van der Waals surface area (Å²) in [4.78, 5) is -0.547. The van der Waals surface area contributed by atoms with Gasteiger partial charge in [-0.2, -0.15) is 8.78 Å². The number of hydrogen-bond donors (Lipinski definition) is 0.